The average molecular weight is 622 g/mol. The van der Waals surface area contributed by atoms with Gasteiger partial charge >= 0.3 is 6.03 Å². The fourth-order valence-electron chi connectivity index (χ4n) is 8.82. The molecule has 3 amide bonds. The molecule has 0 spiro atoms. The number of urea groups is 1. The van der Waals surface area contributed by atoms with E-state index in [-0.39, 0.29) is 23.4 Å². The molecule has 1 aromatic carbocycles. The molecule has 5 fully saturated rings. The van der Waals surface area contributed by atoms with Crippen LogP contribution in [0, 0.1) is 23.2 Å². The van der Waals surface area contributed by atoms with Crippen LogP contribution < -0.4 is 25.8 Å². The fourth-order valence-corrected chi connectivity index (χ4v) is 10.1. The average Bonchev–Trinajstić information content (AvgIpc) is 3.02. The van der Waals surface area contributed by atoms with Crippen molar-refractivity contribution >= 4 is 44.8 Å². The summed E-state index contributed by atoms with van der Waals surface area (Å²) in [6, 6.07) is 12.0. The van der Waals surface area contributed by atoms with Crippen molar-refractivity contribution in [3.05, 3.63) is 42.6 Å². The number of benzene rings is 1. The first-order chi connectivity index (χ1) is 21.1. The second kappa shape index (κ2) is 10.9. The van der Waals surface area contributed by atoms with Gasteiger partial charge in [-0.05, 0) is 88.0 Å². The molecular weight excluding hydrogens is 578 g/mol. The highest BCUT2D eigenvalue weighted by atomic mass is 32.2. The van der Waals surface area contributed by atoms with Crippen LogP contribution in [0.5, 0.6) is 0 Å². The lowest BCUT2D eigenvalue weighted by Gasteiger charge is -2.59. The Kier molecular flexibility index (Phi) is 7.27. The Hall–Kier alpha value is -3.38. The largest absolute Gasteiger partial charge is 0.369 e. The van der Waals surface area contributed by atoms with Gasteiger partial charge in [0.1, 0.15) is 5.82 Å². The lowest BCUT2D eigenvalue weighted by Crippen LogP contribution is -2.63. The first kappa shape index (κ1) is 29.3. The van der Waals surface area contributed by atoms with Crippen molar-refractivity contribution in [2.75, 3.05) is 54.0 Å². The molecule has 1 aromatic heterocycles. The number of hydrogen-bond acceptors (Lipinski definition) is 7. The highest BCUT2D eigenvalue weighted by molar-refractivity contribution is 7.89. The molecule has 12 heteroatoms. The van der Waals surface area contributed by atoms with Crippen LogP contribution in [0.25, 0.3) is 0 Å². The molecular formula is C32H43N7O4S. The third-order valence-electron chi connectivity index (χ3n) is 10.9. The molecule has 4 bridgehead atoms. The number of nitrogens with two attached hydrogens (primary N) is 1. The summed E-state index contributed by atoms with van der Waals surface area (Å²) in [6.07, 6.45) is 6.48. The molecule has 8 rings (SSSR count). The van der Waals surface area contributed by atoms with Crippen molar-refractivity contribution < 1.29 is 18.0 Å². The van der Waals surface area contributed by atoms with E-state index in [4.69, 9.17) is 10.7 Å². The number of nitrogens with zero attached hydrogens (tertiary/aromatic N) is 5. The molecule has 2 aliphatic heterocycles. The molecule has 3 unspecified atom stereocenters. The van der Waals surface area contributed by atoms with Gasteiger partial charge in [-0.15, -0.1) is 0 Å². The number of sulfonamides is 1. The Balaban J connectivity index is 1.03. The Morgan fingerprint density at radius 2 is 1.61 bits per heavy atom. The number of pyridine rings is 1. The number of carbonyl (C=O) groups excluding carboxylic acids is 2. The summed E-state index contributed by atoms with van der Waals surface area (Å²) in [7, 11) is -3.25. The molecule has 11 nitrogen and oxygen atoms in total. The zero-order valence-corrected chi connectivity index (χ0v) is 26.4. The quantitative estimate of drug-likeness (QED) is 0.506. The molecule has 2 aromatic rings. The van der Waals surface area contributed by atoms with E-state index in [1.54, 1.807) is 18.2 Å². The summed E-state index contributed by atoms with van der Waals surface area (Å²) < 4.78 is 26.7. The number of piperazine rings is 1. The molecule has 5 atom stereocenters. The molecule has 3 heterocycles. The van der Waals surface area contributed by atoms with E-state index in [1.165, 1.54) is 0 Å². The summed E-state index contributed by atoms with van der Waals surface area (Å²) in [5.74, 6) is 1.80. The number of aromatic nitrogens is 1. The summed E-state index contributed by atoms with van der Waals surface area (Å²) in [4.78, 5) is 37.1. The maximum Gasteiger partial charge on any atom is 0.322 e. The van der Waals surface area contributed by atoms with Gasteiger partial charge in [0.15, 0.2) is 0 Å². The van der Waals surface area contributed by atoms with E-state index >= 15 is 0 Å². The van der Waals surface area contributed by atoms with Gasteiger partial charge < -0.3 is 20.9 Å². The first-order valence-electron chi connectivity index (χ1n) is 16.0. The predicted molar refractivity (Wildman–Crippen MR) is 170 cm³/mol. The van der Waals surface area contributed by atoms with Crippen molar-refractivity contribution in [1.82, 2.24) is 14.6 Å². The summed E-state index contributed by atoms with van der Waals surface area (Å²) in [6.45, 7) is 6.75. The van der Waals surface area contributed by atoms with Gasteiger partial charge in [-0.1, -0.05) is 12.1 Å². The molecule has 1 saturated heterocycles. The van der Waals surface area contributed by atoms with Crippen LogP contribution >= 0.6 is 0 Å². The number of rotatable bonds is 6. The van der Waals surface area contributed by atoms with Crippen LogP contribution in [-0.4, -0.2) is 80.2 Å². The topological polar surface area (TPSA) is 132 Å². The van der Waals surface area contributed by atoms with E-state index in [0.29, 0.717) is 57.0 Å². The highest BCUT2D eigenvalue weighted by Gasteiger charge is 2.58. The SMILES string of the molecule is CC(C)S(=O)(=O)N1CCN(c2ccc(N3CCN(C(=O)NC4[C@@H]5CC6C[C@H]4CC(C(N)=O)(C6)C5)c4ccccc43)nc2)CC1. The summed E-state index contributed by atoms with van der Waals surface area (Å²) >= 11 is 0. The van der Waals surface area contributed by atoms with Gasteiger partial charge in [0.05, 0.1) is 28.5 Å². The van der Waals surface area contributed by atoms with E-state index in [1.807, 2.05) is 47.5 Å². The van der Waals surface area contributed by atoms with Crippen molar-refractivity contribution in [3.63, 3.8) is 0 Å². The van der Waals surface area contributed by atoms with Crippen molar-refractivity contribution in [2.24, 2.45) is 28.9 Å². The van der Waals surface area contributed by atoms with E-state index < -0.39 is 15.3 Å². The highest BCUT2D eigenvalue weighted by Crippen LogP contribution is 2.60. The smallest absolute Gasteiger partial charge is 0.322 e. The van der Waals surface area contributed by atoms with Crippen molar-refractivity contribution in [3.8, 4) is 0 Å². The van der Waals surface area contributed by atoms with Crippen LogP contribution in [-0.2, 0) is 14.8 Å². The van der Waals surface area contributed by atoms with Gasteiger partial charge in [-0.2, -0.15) is 4.31 Å². The lowest BCUT2D eigenvalue weighted by molar-refractivity contribution is -0.145. The molecule has 0 radical (unpaired) electrons. The summed E-state index contributed by atoms with van der Waals surface area (Å²) in [5.41, 5.74) is 8.25. The standard InChI is InChI=1S/C32H43N7O4S/c1-21(2)44(42,43)37-11-9-36(10-12-37)25-7-8-28(34-20-25)38-13-14-39(27-6-4-3-5-26(27)38)31(41)35-29-23-15-22-16-24(29)19-32(17-22,18-23)30(33)40/h3-8,20-24,29H,9-19H2,1-2H3,(H2,33,40)(H,35,41)/t22?,23-,24+,29?,32?. The minimum Gasteiger partial charge on any atom is -0.369 e. The maximum absolute atomic E-state index is 13.8. The molecule has 3 N–H and O–H groups in total. The zero-order chi connectivity index (χ0) is 30.8. The molecule has 6 aliphatic rings. The Labute approximate surface area is 259 Å². The van der Waals surface area contributed by atoms with Gasteiger partial charge in [0.25, 0.3) is 0 Å². The Morgan fingerprint density at radius 3 is 2.23 bits per heavy atom. The van der Waals surface area contributed by atoms with Gasteiger partial charge in [-0.25, -0.2) is 18.2 Å². The second-order valence-electron chi connectivity index (χ2n) is 13.7. The number of primary amides is 1. The molecule has 4 aliphatic carbocycles. The van der Waals surface area contributed by atoms with Crippen LogP contribution in [0.15, 0.2) is 42.6 Å². The Bertz CT molecular complexity index is 1520. The first-order valence-corrected chi connectivity index (χ1v) is 17.5. The minimum atomic E-state index is -3.25. The number of para-hydroxylation sites is 2. The maximum atomic E-state index is 13.8. The van der Waals surface area contributed by atoms with Crippen molar-refractivity contribution in [2.45, 2.75) is 57.2 Å². The second-order valence-corrected chi connectivity index (χ2v) is 16.2. The number of hydrogen-bond donors (Lipinski definition) is 2. The number of anilines is 4. The van der Waals surface area contributed by atoms with Crippen LogP contribution in [0.3, 0.4) is 0 Å². The molecule has 4 saturated carbocycles. The monoisotopic (exact) mass is 621 g/mol. The number of amides is 3. The lowest BCUT2D eigenvalue weighted by atomic mass is 9.47. The third-order valence-corrected chi connectivity index (χ3v) is 13.2. The molecule has 236 valence electrons. The van der Waals surface area contributed by atoms with Crippen LogP contribution in [0.1, 0.15) is 46.0 Å². The zero-order valence-electron chi connectivity index (χ0n) is 25.6. The number of carbonyl (C=O) groups is 2. The van der Waals surface area contributed by atoms with Crippen LogP contribution in [0.4, 0.5) is 27.7 Å². The van der Waals surface area contributed by atoms with Gasteiger partial charge in [-0.3, -0.25) is 9.69 Å². The van der Waals surface area contributed by atoms with E-state index in [9.17, 15) is 18.0 Å². The van der Waals surface area contributed by atoms with Crippen molar-refractivity contribution in [1.29, 1.82) is 0 Å². The van der Waals surface area contributed by atoms with E-state index in [2.05, 4.69) is 15.1 Å². The summed E-state index contributed by atoms with van der Waals surface area (Å²) in [5, 5.41) is 2.98. The Morgan fingerprint density at radius 1 is 0.932 bits per heavy atom. The number of fused-ring (bicyclic) bond motifs is 1. The van der Waals surface area contributed by atoms with Gasteiger partial charge in [0, 0.05) is 50.7 Å². The molecule has 44 heavy (non-hydrogen) atoms. The number of nitrogens with one attached hydrogen (secondary N) is 1. The minimum absolute atomic E-state index is 0.0790. The fraction of sp³-hybridized carbons (Fsp3) is 0.594. The normalized spacial score (nSPS) is 30.0. The van der Waals surface area contributed by atoms with E-state index in [0.717, 1.165) is 55.0 Å². The van der Waals surface area contributed by atoms with Crippen LogP contribution in [0.2, 0.25) is 0 Å². The van der Waals surface area contributed by atoms with Gasteiger partial charge in [0.2, 0.25) is 15.9 Å². The predicted octanol–water partition coefficient (Wildman–Crippen LogP) is 3.29. The third kappa shape index (κ3) is 4.90.